The van der Waals surface area contributed by atoms with Crippen molar-refractivity contribution in [1.82, 2.24) is 5.32 Å². The molecule has 5 heteroatoms. The molecule has 1 fully saturated rings. The molecule has 0 atom stereocenters. The van der Waals surface area contributed by atoms with Crippen LogP contribution in [-0.4, -0.2) is 37.4 Å². The van der Waals surface area contributed by atoms with Crippen LogP contribution in [0, 0.1) is 11.2 Å². The Labute approximate surface area is 105 Å². The van der Waals surface area contributed by atoms with Gasteiger partial charge in [0.25, 0.3) is 0 Å². The molecule has 0 aromatic heterocycles. The third-order valence-corrected chi connectivity index (χ3v) is 3.20. The highest BCUT2D eigenvalue weighted by molar-refractivity contribution is 5.76. The first-order chi connectivity index (χ1) is 8.64. The molecule has 0 radical (unpaired) electrons. The molecule has 1 aliphatic heterocycles. The Balaban J connectivity index is 1.76. The van der Waals surface area contributed by atoms with Crippen LogP contribution in [0.2, 0.25) is 0 Å². The van der Waals surface area contributed by atoms with Crippen molar-refractivity contribution in [1.29, 1.82) is 0 Å². The Hall–Kier alpha value is -1.46. The summed E-state index contributed by atoms with van der Waals surface area (Å²) < 4.78 is 18.3. The van der Waals surface area contributed by atoms with Gasteiger partial charge in [-0.2, -0.15) is 0 Å². The number of carbonyl (C=O) groups is 1. The number of hydrogen-bond acceptors (Lipinski definition) is 3. The summed E-state index contributed by atoms with van der Waals surface area (Å²) in [6.07, 6.45) is 0.545. The van der Waals surface area contributed by atoms with Gasteiger partial charge in [-0.05, 0) is 24.6 Å². The number of nitrogens with one attached hydrogen (secondary N) is 1. The minimum atomic E-state index is -0.841. The maximum atomic E-state index is 13.3. The molecule has 1 heterocycles. The van der Waals surface area contributed by atoms with Gasteiger partial charge in [-0.3, -0.25) is 4.79 Å². The zero-order valence-corrected chi connectivity index (χ0v) is 9.99. The van der Waals surface area contributed by atoms with E-state index in [0.717, 1.165) is 0 Å². The normalized spacial score (nSPS) is 17.2. The first kappa shape index (κ1) is 13.0. The third-order valence-electron chi connectivity index (χ3n) is 3.20. The summed E-state index contributed by atoms with van der Waals surface area (Å²) in [6, 6.07) is 6.60. The second-order valence-electron chi connectivity index (χ2n) is 4.60. The Morgan fingerprint density at radius 2 is 2.17 bits per heavy atom. The van der Waals surface area contributed by atoms with E-state index in [9.17, 15) is 9.18 Å². The number of carboxylic acid groups (broad SMARTS) is 1. The highest BCUT2D eigenvalue weighted by atomic mass is 19.1. The maximum absolute atomic E-state index is 13.3. The van der Waals surface area contributed by atoms with E-state index in [2.05, 4.69) is 5.32 Å². The van der Waals surface area contributed by atoms with Gasteiger partial charge < -0.3 is 15.2 Å². The van der Waals surface area contributed by atoms with Crippen LogP contribution in [0.15, 0.2) is 24.3 Å². The maximum Gasteiger partial charge on any atom is 0.315 e. The summed E-state index contributed by atoms with van der Waals surface area (Å²) >= 11 is 0. The lowest BCUT2D eigenvalue weighted by atomic mass is 9.86. The van der Waals surface area contributed by atoms with E-state index in [1.807, 2.05) is 0 Å². The average molecular weight is 253 g/mol. The fourth-order valence-electron chi connectivity index (χ4n) is 1.90. The molecule has 2 N–H and O–H groups in total. The molecule has 1 aromatic rings. The van der Waals surface area contributed by atoms with Crippen LogP contribution in [0.5, 0.6) is 0 Å². The molecule has 0 amide bonds. The number of aliphatic carboxylic acids is 1. The number of rotatable bonds is 6. The minimum absolute atomic E-state index is 0.223. The van der Waals surface area contributed by atoms with E-state index in [1.165, 1.54) is 6.07 Å². The van der Waals surface area contributed by atoms with Crippen LogP contribution in [0.25, 0.3) is 0 Å². The Bertz CT molecular complexity index is 432. The summed E-state index contributed by atoms with van der Waals surface area (Å²) in [5.41, 5.74) is -0.158. The van der Waals surface area contributed by atoms with Crippen molar-refractivity contribution in [3.05, 3.63) is 35.6 Å². The molecule has 0 spiro atoms. The van der Waals surface area contributed by atoms with Crippen molar-refractivity contribution in [3.8, 4) is 0 Å². The van der Waals surface area contributed by atoms with Crippen LogP contribution in [0.1, 0.15) is 5.56 Å². The van der Waals surface area contributed by atoms with E-state index in [0.29, 0.717) is 25.1 Å². The molecular weight excluding hydrogens is 237 g/mol. The average Bonchev–Trinajstić information content (AvgIpc) is 2.28. The second-order valence-corrected chi connectivity index (χ2v) is 4.60. The van der Waals surface area contributed by atoms with Gasteiger partial charge in [0, 0.05) is 6.54 Å². The Morgan fingerprint density at radius 1 is 1.44 bits per heavy atom. The molecule has 98 valence electrons. The molecule has 0 saturated carbocycles. The summed E-state index contributed by atoms with van der Waals surface area (Å²) in [7, 11) is 0. The molecule has 1 aromatic carbocycles. The lowest BCUT2D eigenvalue weighted by Crippen LogP contribution is -2.55. The van der Waals surface area contributed by atoms with Gasteiger partial charge in [-0.1, -0.05) is 18.2 Å². The smallest absolute Gasteiger partial charge is 0.315 e. The van der Waals surface area contributed by atoms with E-state index >= 15 is 0 Å². The fourth-order valence-corrected chi connectivity index (χ4v) is 1.90. The quantitative estimate of drug-likeness (QED) is 0.744. The second kappa shape index (κ2) is 5.46. The molecule has 0 aliphatic carbocycles. The van der Waals surface area contributed by atoms with Gasteiger partial charge in [-0.15, -0.1) is 0 Å². The molecule has 0 bridgehead atoms. The van der Waals surface area contributed by atoms with Crippen molar-refractivity contribution in [2.75, 3.05) is 26.3 Å². The lowest BCUT2D eigenvalue weighted by Gasteiger charge is -2.37. The lowest BCUT2D eigenvalue weighted by molar-refractivity contribution is -0.178. The SMILES string of the molecule is O=C(O)C1(CNCCc2ccccc2F)COC1. The minimum Gasteiger partial charge on any atom is -0.481 e. The largest absolute Gasteiger partial charge is 0.481 e. The number of benzene rings is 1. The van der Waals surface area contributed by atoms with Gasteiger partial charge in [0.05, 0.1) is 13.2 Å². The monoisotopic (exact) mass is 253 g/mol. The predicted octanol–water partition coefficient (Wildman–Crippen LogP) is 1.06. The third kappa shape index (κ3) is 2.68. The van der Waals surface area contributed by atoms with Crippen molar-refractivity contribution in [2.45, 2.75) is 6.42 Å². The molecule has 18 heavy (non-hydrogen) atoms. The van der Waals surface area contributed by atoms with E-state index in [1.54, 1.807) is 18.2 Å². The van der Waals surface area contributed by atoms with Gasteiger partial charge in [0.15, 0.2) is 0 Å². The molecule has 4 nitrogen and oxygen atoms in total. The Morgan fingerprint density at radius 3 is 2.72 bits per heavy atom. The molecule has 0 unspecified atom stereocenters. The topological polar surface area (TPSA) is 58.6 Å². The molecule has 2 rings (SSSR count). The molecular formula is C13H16FNO3. The van der Waals surface area contributed by atoms with Crippen LogP contribution < -0.4 is 5.32 Å². The highest BCUT2D eigenvalue weighted by Crippen LogP contribution is 2.26. The van der Waals surface area contributed by atoms with Crippen molar-refractivity contribution in [3.63, 3.8) is 0 Å². The van der Waals surface area contributed by atoms with E-state index < -0.39 is 11.4 Å². The number of ether oxygens (including phenoxy) is 1. The first-order valence-corrected chi connectivity index (χ1v) is 5.89. The van der Waals surface area contributed by atoms with Crippen molar-refractivity contribution in [2.24, 2.45) is 5.41 Å². The van der Waals surface area contributed by atoms with Gasteiger partial charge in [-0.25, -0.2) is 4.39 Å². The van der Waals surface area contributed by atoms with Gasteiger partial charge in [0.2, 0.25) is 0 Å². The number of halogens is 1. The summed E-state index contributed by atoms with van der Waals surface area (Å²) in [4.78, 5) is 11.0. The zero-order valence-electron chi connectivity index (χ0n) is 9.99. The van der Waals surface area contributed by atoms with Crippen molar-refractivity contribution >= 4 is 5.97 Å². The van der Waals surface area contributed by atoms with Crippen molar-refractivity contribution < 1.29 is 19.0 Å². The summed E-state index contributed by atoms with van der Waals surface area (Å²) in [5.74, 6) is -1.06. The predicted molar refractivity (Wildman–Crippen MR) is 63.9 cm³/mol. The van der Waals surface area contributed by atoms with Crippen LogP contribution in [0.4, 0.5) is 4.39 Å². The van der Waals surface area contributed by atoms with E-state index in [4.69, 9.17) is 9.84 Å². The zero-order chi connectivity index (χ0) is 13.0. The standard InChI is InChI=1S/C13H16FNO3/c14-11-4-2-1-3-10(11)5-6-15-7-13(12(16)17)8-18-9-13/h1-4,15H,5-9H2,(H,16,17). The molecule has 1 aliphatic rings. The Kier molecular flexibility index (Phi) is 3.93. The highest BCUT2D eigenvalue weighted by Gasteiger charge is 2.45. The van der Waals surface area contributed by atoms with Crippen LogP contribution in [-0.2, 0) is 16.0 Å². The first-order valence-electron chi connectivity index (χ1n) is 5.89. The van der Waals surface area contributed by atoms with Gasteiger partial charge >= 0.3 is 5.97 Å². The van der Waals surface area contributed by atoms with Crippen LogP contribution >= 0.6 is 0 Å². The summed E-state index contributed by atoms with van der Waals surface area (Å²) in [6.45, 7) is 1.40. The fraction of sp³-hybridized carbons (Fsp3) is 0.462. The van der Waals surface area contributed by atoms with Crippen LogP contribution in [0.3, 0.4) is 0 Å². The summed E-state index contributed by atoms with van der Waals surface area (Å²) in [5, 5.41) is 12.1. The molecule has 1 saturated heterocycles. The van der Waals surface area contributed by atoms with Gasteiger partial charge in [0.1, 0.15) is 11.2 Å². The number of hydrogen-bond donors (Lipinski definition) is 2. The van der Waals surface area contributed by atoms with E-state index in [-0.39, 0.29) is 19.0 Å². The number of carboxylic acids is 1.